The summed E-state index contributed by atoms with van der Waals surface area (Å²) < 4.78 is 15.7. The lowest BCUT2D eigenvalue weighted by Gasteiger charge is -2.28. The van der Waals surface area contributed by atoms with Gasteiger partial charge in [0.1, 0.15) is 0 Å². The van der Waals surface area contributed by atoms with Crippen LogP contribution in [0, 0.1) is 5.92 Å². The first-order valence-electron chi connectivity index (χ1n) is 6.74. The zero-order chi connectivity index (χ0) is 12.3. The van der Waals surface area contributed by atoms with Crippen LogP contribution in [-0.4, -0.2) is 46.2 Å². The highest BCUT2D eigenvalue weighted by Crippen LogP contribution is 2.25. The Balaban J connectivity index is 1.86. The minimum absolute atomic E-state index is 0.394. The topological polar surface area (TPSA) is 53.7 Å². The molecule has 0 bridgehead atoms. The molecule has 0 aromatic rings. The van der Waals surface area contributed by atoms with E-state index in [2.05, 4.69) is 0 Å². The molecule has 0 saturated heterocycles. The van der Waals surface area contributed by atoms with Crippen molar-refractivity contribution in [3.8, 4) is 0 Å². The maximum atomic E-state index is 6.08. The molecule has 1 rings (SSSR count). The predicted molar refractivity (Wildman–Crippen MR) is 68.1 cm³/mol. The average molecular weight is 245 g/mol. The summed E-state index contributed by atoms with van der Waals surface area (Å²) in [5.74, 6) is 0.665. The molecule has 0 radical (unpaired) electrons. The highest BCUT2D eigenvalue weighted by molar-refractivity contribution is 4.77. The molecule has 102 valence electrons. The molecule has 0 aliphatic heterocycles. The molecular weight excluding hydrogens is 218 g/mol. The molecule has 4 heteroatoms. The summed E-state index contributed by atoms with van der Waals surface area (Å²) in [5.41, 5.74) is 6.08. The van der Waals surface area contributed by atoms with E-state index in [9.17, 15) is 0 Å². The zero-order valence-electron chi connectivity index (χ0n) is 11.0. The fourth-order valence-corrected chi connectivity index (χ4v) is 2.29. The molecular formula is C13H27NO3. The van der Waals surface area contributed by atoms with Crippen LogP contribution in [0.5, 0.6) is 0 Å². The van der Waals surface area contributed by atoms with Crippen LogP contribution >= 0.6 is 0 Å². The Morgan fingerprint density at radius 1 is 0.941 bits per heavy atom. The summed E-state index contributed by atoms with van der Waals surface area (Å²) in [6, 6.07) is 0.394. The van der Waals surface area contributed by atoms with E-state index in [1.165, 1.54) is 25.7 Å². The molecule has 1 aliphatic rings. The maximum absolute atomic E-state index is 6.08. The van der Waals surface area contributed by atoms with E-state index in [0.29, 0.717) is 38.4 Å². The van der Waals surface area contributed by atoms with E-state index >= 15 is 0 Å². The van der Waals surface area contributed by atoms with E-state index in [-0.39, 0.29) is 0 Å². The van der Waals surface area contributed by atoms with Gasteiger partial charge < -0.3 is 19.9 Å². The normalized spacial score (nSPS) is 25.1. The molecule has 0 spiro atoms. The van der Waals surface area contributed by atoms with Crippen LogP contribution in [0.15, 0.2) is 0 Å². The van der Waals surface area contributed by atoms with Crippen LogP contribution in [0.4, 0.5) is 0 Å². The number of rotatable bonds is 9. The first kappa shape index (κ1) is 14.9. The van der Waals surface area contributed by atoms with Crippen molar-refractivity contribution in [3.63, 3.8) is 0 Å². The van der Waals surface area contributed by atoms with Crippen molar-refractivity contribution in [3.05, 3.63) is 0 Å². The Morgan fingerprint density at radius 2 is 1.59 bits per heavy atom. The summed E-state index contributed by atoms with van der Waals surface area (Å²) >= 11 is 0. The van der Waals surface area contributed by atoms with Gasteiger partial charge in [0.15, 0.2) is 0 Å². The highest BCUT2D eigenvalue weighted by Gasteiger charge is 2.20. The fourth-order valence-electron chi connectivity index (χ4n) is 2.29. The average Bonchev–Trinajstić information content (AvgIpc) is 2.35. The minimum Gasteiger partial charge on any atom is -0.382 e. The summed E-state index contributed by atoms with van der Waals surface area (Å²) in [5, 5.41) is 0. The summed E-state index contributed by atoms with van der Waals surface area (Å²) in [6.45, 7) is 3.43. The van der Waals surface area contributed by atoms with Gasteiger partial charge in [0.2, 0.25) is 0 Å². The van der Waals surface area contributed by atoms with Gasteiger partial charge in [-0.15, -0.1) is 0 Å². The van der Waals surface area contributed by atoms with E-state index in [1.807, 2.05) is 0 Å². The van der Waals surface area contributed by atoms with E-state index in [0.717, 1.165) is 13.0 Å². The van der Waals surface area contributed by atoms with Gasteiger partial charge in [0.25, 0.3) is 0 Å². The lowest BCUT2D eigenvalue weighted by molar-refractivity contribution is 0.0202. The van der Waals surface area contributed by atoms with Crippen molar-refractivity contribution in [2.24, 2.45) is 11.7 Å². The molecule has 1 aliphatic carbocycles. The predicted octanol–water partition coefficient (Wildman–Crippen LogP) is 1.57. The fraction of sp³-hybridized carbons (Fsp3) is 1.00. The first-order chi connectivity index (χ1) is 8.34. The zero-order valence-corrected chi connectivity index (χ0v) is 11.0. The number of hydrogen-bond acceptors (Lipinski definition) is 4. The Kier molecular flexibility index (Phi) is 8.61. The standard InChI is InChI=1S/C13H27NO3/c1-15-8-9-17-11-10-16-7-6-12-4-2-3-5-13(12)14/h12-13H,2-11,14H2,1H3. The van der Waals surface area contributed by atoms with Gasteiger partial charge in [-0.05, 0) is 25.2 Å². The third kappa shape index (κ3) is 6.99. The second-order valence-corrected chi connectivity index (χ2v) is 4.71. The van der Waals surface area contributed by atoms with Gasteiger partial charge in [-0.3, -0.25) is 0 Å². The number of hydrogen-bond donors (Lipinski definition) is 1. The van der Waals surface area contributed by atoms with Crippen molar-refractivity contribution in [2.75, 3.05) is 40.1 Å². The number of methoxy groups -OCH3 is 1. The summed E-state index contributed by atoms with van der Waals surface area (Å²) in [4.78, 5) is 0. The quantitative estimate of drug-likeness (QED) is 0.627. The molecule has 4 nitrogen and oxygen atoms in total. The second-order valence-electron chi connectivity index (χ2n) is 4.71. The van der Waals surface area contributed by atoms with E-state index in [1.54, 1.807) is 7.11 Å². The van der Waals surface area contributed by atoms with Crippen LogP contribution < -0.4 is 5.73 Å². The number of nitrogens with two attached hydrogens (primary N) is 1. The van der Waals surface area contributed by atoms with Crippen LogP contribution in [0.1, 0.15) is 32.1 Å². The molecule has 17 heavy (non-hydrogen) atoms. The van der Waals surface area contributed by atoms with Gasteiger partial charge in [-0.25, -0.2) is 0 Å². The van der Waals surface area contributed by atoms with Crippen LogP contribution in [0.3, 0.4) is 0 Å². The summed E-state index contributed by atoms with van der Waals surface area (Å²) in [6.07, 6.45) is 6.18. The van der Waals surface area contributed by atoms with Crippen LogP contribution in [0.2, 0.25) is 0 Å². The van der Waals surface area contributed by atoms with Gasteiger partial charge in [-0.2, -0.15) is 0 Å². The van der Waals surface area contributed by atoms with Crippen molar-refractivity contribution >= 4 is 0 Å². The Labute approximate surface area is 105 Å². The van der Waals surface area contributed by atoms with Crippen molar-refractivity contribution in [1.29, 1.82) is 0 Å². The molecule has 2 N–H and O–H groups in total. The molecule has 0 aromatic heterocycles. The van der Waals surface area contributed by atoms with Gasteiger partial charge in [0, 0.05) is 19.8 Å². The third-order valence-corrected chi connectivity index (χ3v) is 3.40. The SMILES string of the molecule is COCCOCCOCCC1CCCCC1N. The van der Waals surface area contributed by atoms with E-state index in [4.69, 9.17) is 19.9 Å². The van der Waals surface area contributed by atoms with Crippen LogP contribution in [0.25, 0.3) is 0 Å². The van der Waals surface area contributed by atoms with E-state index < -0.39 is 0 Å². The third-order valence-electron chi connectivity index (χ3n) is 3.40. The molecule has 1 saturated carbocycles. The summed E-state index contributed by atoms with van der Waals surface area (Å²) in [7, 11) is 1.67. The number of ether oxygens (including phenoxy) is 3. The lowest BCUT2D eigenvalue weighted by Crippen LogP contribution is -2.33. The largest absolute Gasteiger partial charge is 0.382 e. The molecule has 0 amide bonds. The van der Waals surface area contributed by atoms with Crippen molar-refractivity contribution in [2.45, 2.75) is 38.1 Å². The Hall–Kier alpha value is -0.160. The van der Waals surface area contributed by atoms with Crippen molar-refractivity contribution < 1.29 is 14.2 Å². The lowest BCUT2D eigenvalue weighted by atomic mass is 9.83. The minimum atomic E-state index is 0.394. The molecule has 2 atom stereocenters. The first-order valence-corrected chi connectivity index (χ1v) is 6.74. The molecule has 2 unspecified atom stereocenters. The van der Waals surface area contributed by atoms with Gasteiger partial charge in [0.05, 0.1) is 26.4 Å². The van der Waals surface area contributed by atoms with Gasteiger partial charge in [-0.1, -0.05) is 12.8 Å². The molecule has 0 aromatic carbocycles. The smallest absolute Gasteiger partial charge is 0.0701 e. The highest BCUT2D eigenvalue weighted by atomic mass is 16.5. The molecule has 1 fully saturated rings. The maximum Gasteiger partial charge on any atom is 0.0701 e. The monoisotopic (exact) mass is 245 g/mol. The molecule has 0 heterocycles. The van der Waals surface area contributed by atoms with Crippen molar-refractivity contribution in [1.82, 2.24) is 0 Å². The van der Waals surface area contributed by atoms with Gasteiger partial charge >= 0.3 is 0 Å². The Morgan fingerprint density at radius 3 is 2.29 bits per heavy atom. The second kappa shape index (κ2) is 9.83. The van der Waals surface area contributed by atoms with Crippen LogP contribution in [-0.2, 0) is 14.2 Å². The Bertz CT molecular complexity index is 178.